The van der Waals surface area contributed by atoms with Crippen LogP contribution in [-0.2, 0) is 6.54 Å². The number of benzene rings is 2. The third kappa shape index (κ3) is 5.26. The molecular weight excluding hydrogens is 457 g/mol. The van der Waals surface area contributed by atoms with E-state index in [-0.39, 0.29) is 11.6 Å². The number of anilines is 1. The number of rotatable bonds is 5. The standard InChI is InChI=1S/C20H22IN3O3/c1-14-3-2-10-23(12-14)13-15-4-6-16(7-5-15)22-20(25)18-11-17(24(26)27)8-9-19(18)21/h4-9,11,14H,2-3,10,12-13H2,1H3,(H,22,25). The lowest BCUT2D eigenvalue weighted by atomic mass is 10.00. The van der Waals surface area contributed by atoms with Crippen molar-refractivity contribution in [2.45, 2.75) is 26.3 Å². The van der Waals surface area contributed by atoms with Crippen LogP contribution in [0.5, 0.6) is 0 Å². The zero-order chi connectivity index (χ0) is 19.4. The van der Waals surface area contributed by atoms with Gasteiger partial charge in [-0.3, -0.25) is 19.8 Å². The van der Waals surface area contributed by atoms with E-state index in [1.807, 2.05) is 46.9 Å². The number of nitrogens with one attached hydrogen (secondary N) is 1. The molecule has 1 saturated heterocycles. The fourth-order valence-corrected chi connectivity index (χ4v) is 3.96. The second kappa shape index (κ2) is 8.79. The Morgan fingerprint density at radius 3 is 2.70 bits per heavy atom. The Morgan fingerprint density at radius 1 is 1.30 bits per heavy atom. The van der Waals surface area contributed by atoms with Gasteiger partial charge in [0.1, 0.15) is 0 Å². The maximum atomic E-state index is 12.5. The number of carbonyl (C=O) groups is 1. The van der Waals surface area contributed by atoms with Gasteiger partial charge in [-0.15, -0.1) is 0 Å². The first kappa shape index (κ1) is 19.8. The van der Waals surface area contributed by atoms with E-state index in [4.69, 9.17) is 0 Å². The first-order chi connectivity index (χ1) is 12.9. The van der Waals surface area contributed by atoms with E-state index in [0.717, 1.165) is 25.6 Å². The Bertz CT molecular complexity index is 839. The zero-order valence-corrected chi connectivity index (χ0v) is 17.3. The Hall–Kier alpha value is -2.00. The van der Waals surface area contributed by atoms with E-state index < -0.39 is 4.92 Å². The minimum atomic E-state index is -0.497. The van der Waals surface area contributed by atoms with Crippen molar-refractivity contribution in [3.63, 3.8) is 0 Å². The normalized spacial score (nSPS) is 17.5. The molecule has 1 amide bonds. The molecule has 1 atom stereocenters. The highest BCUT2D eigenvalue weighted by Crippen LogP contribution is 2.22. The van der Waals surface area contributed by atoms with Crippen LogP contribution < -0.4 is 5.32 Å². The van der Waals surface area contributed by atoms with E-state index in [2.05, 4.69) is 17.1 Å². The summed E-state index contributed by atoms with van der Waals surface area (Å²) in [5.41, 5.74) is 2.10. The van der Waals surface area contributed by atoms with Gasteiger partial charge in [0.2, 0.25) is 0 Å². The van der Waals surface area contributed by atoms with Crippen molar-refractivity contribution in [2.75, 3.05) is 18.4 Å². The van der Waals surface area contributed by atoms with Crippen molar-refractivity contribution >= 4 is 39.9 Å². The SMILES string of the molecule is CC1CCCN(Cc2ccc(NC(=O)c3cc([N+](=O)[O-])ccc3I)cc2)C1. The summed E-state index contributed by atoms with van der Waals surface area (Å²) in [4.78, 5) is 25.4. The van der Waals surface area contributed by atoms with Gasteiger partial charge in [-0.2, -0.15) is 0 Å². The summed E-state index contributed by atoms with van der Waals surface area (Å²) in [6.45, 7) is 5.47. The molecule has 1 unspecified atom stereocenters. The highest BCUT2D eigenvalue weighted by Gasteiger charge is 2.17. The van der Waals surface area contributed by atoms with Crippen LogP contribution in [0.25, 0.3) is 0 Å². The Balaban J connectivity index is 1.65. The van der Waals surface area contributed by atoms with Crippen LogP contribution in [-0.4, -0.2) is 28.8 Å². The van der Waals surface area contributed by atoms with Gasteiger partial charge in [0.25, 0.3) is 11.6 Å². The summed E-state index contributed by atoms with van der Waals surface area (Å²) >= 11 is 2.01. The van der Waals surface area contributed by atoms with Crippen LogP contribution in [0.2, 0.25) is 0 Å². The molecule has 142 valence electrons. The first-order valence-electron chi connectivity index (χ1n) is 8.99. The second-order valence-corrected chi connectivity index (χ2v) is 8.22. The maximum Gasteiger partial charge on any atom is 0.270 e. The molecule has 0 aromatic heterocycles. The summed E-state index contributed by atoms with van der Waals surface area (Å²) in [5, 5.41) is 13.8. The number of halogens is 1. The largest absolute Gasteiger partial charge is 0.322 e. The average molecular weight is 479 g/mol. The van der Waals surface area contributed by atoms with Crippen LogP contribution in [0.3, 0.4) is 0 Å². The Kier molecular flexibility index (Phi) is 6.43. The number of nitrogens with zero attached hydrogens (tertiary/aromatic N) is 2. The summed E-state index contributed by atoms with van der Waals surface area (Å²) in [5.74, 6) is 0.399. The molecule has 2 aromatic carbocycles. The molecule has 0 bridgehead atoms. The van der Waals surface area contributed by atoms with E-state index in [9.17, 15) is 14.9 Å². The van der Waals surface area contributed by atoms with Gasteiger partial charge < -0.3 is 5.32 Å². The predicted octanol–water partition coefficient (Wildman–Crippen LogP) is 4.68. The predicted molar refractivity (Wildman–Crippen MR) is 114 cm³/mol. The van der Waals surface area contributed by atoms with Gasteiger partial charge in [0.05, 0.1) is 10.5 Å². The lowest BCUT2D eigenvalue weighted by Crippen LogP contribution is -2.33. The number of nitro groups is 1. The molecule has 1 aliphatic rings. The minimum absolute atomic E-state index is 0.0910. The van der Waals surface area contributed by atoms with Gasteiger partial charge in [-0.1, -0.05) is 19.1 Å². The quantitative estimate of drug-likeness (QED) is 0.384. The summed E-state index contributed by atoms with van der Waals surface area (Å²) < 4.78 is 0.673. The van der Waals surface area contributed by atoms with E-state index in [1.54, 1.807) is 6.07 Å². The van der Waals surface area contributed by atoms with E-state index in [0.29, 0.717) is 14.8 Å². The lowest BCUT2D eigenvalue weighted by molar-refractivity contribution is -0.384. The van der Waals surface area contributed by atoms with Crippen molar-refractivity contribution < 1.29 is 9.72 Å². The number of hydrogen-bond acceptors (Lipinski definition) is 4. The first-order valence-corrected chi connectivity index (χ1v) is 10.1. The number of hydrogen-bond donors (Lipinski definition) is 1. The Morgan fingerprint density at radius 2 is 2.04 bits per heavy atom. The summed E-state index contributed by atoms with van der Waals surface area (Å²) in [7, 11) is 0. The van der Waals surface area contributed by atoms with Crippen molar-refractivity contribution in [1.29, 1.82) is 0 Å². The van der Waals surface area contributed by atoms with Crippen molar-refractivity contribution in [3.8, 4) is 0 Å². The molecule has 0 radical (unpaired) electrons. The molecule has 0 aliphatic carbocycles. The highest BCUT2D eigenvalue weighted by atomic mass is 127. The topological polar surface area (TPSA) is 75.5 Å². The fourth-order valence-electron chi connectivity index (χ4n) is 3.38. The number of carbonyl (C=O) groups excluding carboxylic acids is 1. The van der Waals surface area contributed by atoms with Crippen molar-refractivity contribution in [3.05, 3.63) is 67.3 Å². The van der Waals surface area contributed by atoms with Crippen LogP contribution in [0.1, 0.15) is 35.7 Å². The number of likely N-dealkylation sites (tertiary alicyclic amines) is 1. The zero-order valence-electron chi connectivity index (χ0n) is 15.2. The molecule has 0 saturated carbocycles. The second-order valence-electron chi connectivity index (χ2n) is 7.05. The molecule has 27 heavy (non-hydrogen) atoms. The van der Waals surface area contributed by atoms with E-state index >= 15 is 0 Å². The van der Waals surface area contributed by atoms with Gasteiger partial charge in [0, 0.05) is 34.5 Å². The number of non-ortho nitro benzene ring substituents is 1. The highest BCUT2D eigenvalue weighted by molar-refractivity contribution is 14.1. The number of piperidine rings is 1. The maximum absolute atomic E-state index is 12.5. The lowest BCUT2D eigenvalue weighted by Gasteiger charge is -2.30. The van der Waals surface area contributed by atoms with Crippen molar-refractivity contribution in [1.82, 2.24) is 4.90 Å². The van der Waals surface area contributed by atoms with Crippen LogP contribution >= 0.6 is 22.6 Å². The molecule has 6 nitrogen and oxygen atoms in total. The Labute approximate surface area is 172 Å². The minimum Gasteiger partial charge on any atom is -0.322 e. The third-order valence-electron chi connectivity index (χ3n) is 4.76. The average Bonchev–Trinajstić information content (AvgIpc) is 2.63. The van der Waals surface area contributed by atoms with Crippen LogP contribution in [0.15, 0.2) is 42.5 Å². The molecular formula is C20H22IN3O3. The molecule has 1 aliphatic heterocycles. The smallest absolute Gasteiger partial charge is 0.270 e. The summed E-state index contributed by atoms with van der Waals surface area (Å²) in [6.07, 6.45) is 2.55. The summed E-state index contributed by atoms with van der Waals surface area (Å²) in [6, 6.07) is 12.1. The van der Waals surface area contributed by atoms with Crippen molar-refractivity contribution in [2.24, 2.45) is 5.92 Å². The molecule has 1 fully saturated rings. The number of nitro benzene ring substituents is 1. The molecule has 3 rings (SSSR count). The molecule has 2 aromatic rings. The molecule has 1 N–H and O–H groups in total. The van der Waals surface area contributed by atoms with Crippen LogP contribution in [0.4, 0.5) is 11.4 Å². The van der Waals surface area contributed by atoms with E-state index in [1.165, 1.54) is 30.5 Å². The fraction of sp³-hybridized carbons (Fsp3) is 0.350. The van der Waals surface area contributed by atoms with Gasteiger partial charge in [-0.05, 0) is 71.7 Å². The molecule has 1 heterocycles. The van der Waals surface area contributed by atoms with Gasteiger partial charge >= 0.3 is 0 Å². The molecule has 7 heteroatoms. The monoisotopic (exact) mass is 479 g/mol. The molecule has 0 spiro atoms. The van der Waals surface area contributed by atoms with Crippen LogP contribution in [0, 0.1) is 19.6 Å². The van der Waals surface area contributed by atoms with Gasteiger partial charge in [-0.25, -0.2) is 0 Å². The van der Waals surface area contributed by atoms with Gasteiger partial charge in [0.15, 0.2) is 0 Å². The number of amides is 1. The third-order valence-corrected chi connectivity index (χ3v) is 5.71.